The number of para-hydroxylation sites is 1. The first kappa shape index (κ1) is 18.3. The number of fused-ring (bicyclic) bond motifs is 1. The number of nitrogens with zero attached hydrogens (tertiary/aromatic N) is 2. The molecule has 29 heavy (non-hydrogen) atoms. The Kier molecular flexibility index (Phi) is 4.73. The number of anilines is 1. The van der Waals surface area contributed by atoms with E-state index in [1.165, 1.54) is 29.5 Å². The highest BCUT2D eigenvalue weighted by Gasteiger charge is 2.14. The number of nitriles is 1. The van der Waals surface area contributed by atoms with E-state index in [2.05, 4.69) is 15.3 Å². The van der Waals surface area contributed by atoms with E-state index in [4.69, 9.17) is 0 Å². The topological polar surface area (TPSA) is 122 Å². The number of hydrogen-bond donors (Lipinski definition) is 4. The Morgan fingerprint density at radius 1 is 1.21 bits per heavy atom. The van der Waals surface area contributed by atoms with Crippen molar-refractivity contribution in [2.24, 2.45) is 0 Å². The van der Waals surface area contributed by atoms with Gasteiger partial charge in [-0.15, -0.1) is 11.3 Å². The molecule has 0 bridgehead atoms. The number of phenolic OH excluding ortho intramolecular Hbond substituents is 2. The second kappa shape index (κ2) is 7.50. The number of phenols is 2. The van der Waals surface area contributed by atoms with Gasteiger partial charge in [0.05, 0.1) is 5.69 Å². The number of amides is 1. The lowest BCUT2D eigenvalue weighted by molar-refractivity contribution is -0.112. The summed E-state index contributed by atoms with van der Waals surface area (Å²) >= 11 is 1.19. The van der Waals surface area contributed by atoms with Crippen LogP contribution in [0.3, 0.4) is 0 Å². The van der Waals surface area contributed by atoms with Gasteiger partial charge in [0.25, 0.3) is 5.91 Å². The van der Waals surface area contributed by atoms with Crippen LogP contribution in [0.25, 0.3) is 28.2 Å². The molecule has 2 aromatic heterocycles. The van der Waals surface area contributed by atoms with Crippen molar-refractivity contribution < 1.29 is 15.0 Å². The van der Waals surface area contributed by atoms with Crippen LogP contribution in [0.4, 0.5) is 5.13 Å². The number of nitrogens with one attached hydrogen (secondary N) is 2. The maximum atomic E-state index is 12.5. The second-order valence-corrected chi connectivity index (χ2v) is 7.01. The predicted molar refractivity (Wildman–Crippen MR) is 111 cm³/mol. The molecule has 0 atom stereocenters. The molecular formula is C21H14N4O3S. The quantitative estimate of drug-likeness (QED) is 0.231. The molecule has 0 saturated heterocycles. The number of carbonyl (C=O) groups excluding carboxylic acids is 1. The van der Waals surface area contributed by atoms with E-state index in [1.807, 2.05) is 30.3 Å². The molecule has 2 aromatic carbocycles. The van der Waals surface area contributed by atoms with Crippen molar-refractivity contribution in [2.75, 3.05) is 5.32 Å². The van der Waals surface area contributed by atoms with Crippen molar-refractivity contribution in [3.05, 3.63) is 65.2 Å². The lowest BCUT2D eigenvalue weighted by Crippen LogP contribution is -2.13. The van der Waals surface area contributed by atoms with Gasteiger partial charge in [0.15, 0.2) is 16.6 Å². The Hall–Kier alpha value is -4.09. The Balaban J connectivity index is 1.56. The van der Waals surface area contributed by atoms with E-state index < -0.39 is 5.91 Å². The first-order valence-corrected chi connectivity index (χ1v) is 9.40. The maximum Gasteiger partial charge on any atom is 0.268 e. The summed E-state index contributed by atoms with van der Waals surface area (Å²) in [5.41, 5.74) is 2.73. The van der Waals surface area contributed by atoms with E-state index >= 15 is 0 Å². The number of rotatable bonds is 4. The first-order valence-electron chi connectivity index (χ1n) is 8.52. The summed E-state index contributed by atoms with van der Waals surface area (Å²) in [6, 6.07) is 13.9. The van der Waals surface area contributed by atoms with Gasteiger partial charge in [0.2, 0.25) is 0 Å². The van der Waals surface area contributed by atoms with E-state index in [9.17, 15) is 20.3 Å². The Labute approximate surface area is 169 Å². The average molecular weight is 402 g/mol. The number of carbonyl (C=O) groups is 1. The van der Waals surface area contributed by atoms with Gasteiger partial charge in [-0.05, 0) is 30.3 Å². The van der Waals surface area contributed by atoms with Gasteiger partial charge in [-0.1, -0.05) is 18.2 Å². The number of H-pyrrole nitrogens is 1. The third-order valence-electron chi connectivity index (χ3n) is 4.28. The lowest BCUT2D eigenvalue weighted by atomic mass is 10.1. The number of aromatic amines is 1. The highest BCUT2D eigenvalue weighted by Crippen LogP contribution is 2.32. The summed E-state index contributed by atoms with van der Waals surface area (Å²) in [6.45, 7) is 0. The third kappa shape index (κ3) is 3.67. The standard InChI is InChI=1S/C21H14N4O3S/c22-9-13(7-14-10-23-16-4-2-1-3-15(14)16)20(28)25-21-24-17(11-29-21)12-5-6-18(26)19(27)8-12/h1-8,10-11,23,26-27H,(H,24,25,28)/b13-7+. The highest BCUT2D eigenvalue weighted by atomic mass is 32.1. The molecule has 0 spiro atoms. The largest absolute Gasteiger partial charge is 0.504 e. The van der Waals surface area contributed by atoms with Crippen molar-refractivity contribution in [2.45, 2.75) is 0 Å². The molecule has 0 unspecified atom stereocenters. The Morgan fingerprint density at radius 2 is 2.03 bits per heavy atom. The summed E-state index contributed by atoms with van der Waals surface area (Å²) in [7, 11) is 0. The van der Waals surface area contributed by atoms with Gasteiger partial charge < -0.3 is 15.2 Å². The molecule has 1 amide bonds. The van der Waals surface area contributed by atoms with Crippen LogP contribution in [0.15, 0.2) is 59.6 Å². The summed E-state index contributed by atoms with van der Waals surface area (Å²) in [4.78, 5) is 19.9. The fourth-order valence-corrected chi connectivity index (χ4v) is 3.54. The Bertz CT molecular complexity index is 1300. The number of thiazole rings is 1. The zero-order chi connectivity index (χ0) is 20.4. The molecule has 8 heteroatoms. The number of aromatic nitrogens is 2. The van der Waals surface area contributed by atoms with Gasteiger partial charge >= 0.3 is 0 Å². The molecule has 4 rings (SSSR count). The molecular weight excluding hydrogens is 388 g/mol. The SMILES string of the molecule is N#C/C(=C\c1c[nH]c2ccccc12)C(=O)Nc1nc(-c2ccc(O)c(O)c2)cs1. The van der Waals surface area contributed by atoms with Gasteiger partial charge in [-0.25, -0.2) is 4.98 Å². The summed E-state index contributed by atoms with van der Waals surface area (Å²) in [5.74, 6) is -1.04. The van der Waals surface area contributed by atoms with Crippen molar-refractivity contribution >= 4 is 39.4 Å². The highest BCUT2D eigenvalue weighted by molar-refractivity contribution is 7.14. The minimum absolute atomic E-state index is 0.0474. The van der Waals surface area contributed by atoms with Gasteiger partial charge in [0.1, 0.15) is 11.6 Å². The minimum Gasteiger partial charge on any atom is -0.504 e. The minimum atomic E-state index is -0.563. The molecule has 0 aliphatic rings. The van der Waals surface area contributed by atoms with Crippen LogP contribution in [-0.4, -0.2) is 26.1 Å². The van der Waals surface area contributed by atoms with Crippen molar-refractivity contribution in [3.63, 3.8) is 0 Å². The molecule has 4 aromatic rings. The van der Waals surface area contributed by atoms with Gasteiger partial charge in [-0.3, -0.25) is 10.1 Å². The summed E-state index contributed by atoms with van der Waals surface area (Å²) < 4.78 is 0. The van der Waals surface area contributed by atoms with Crippen LogP contribution in [0.1, 0.15) is 5.56 Å². The van der Waals surface area contributed by atoms with Crippen molar-refractivity contribution in [1.29, 1.82) is 5.26 Å². The second-order valence-electron chi connectivity index (χ2n) is 6.15. The maximum absolute atomic E-state index is 12.5. The molecule has 7 nitrogen and oxygen atoms in total. The zero-order valence-corrected chi connectivity index (χ0v) is 15.7. The first-order chi connectivity index (χ1) is 14.0. The molecule has 0 fully saturated rings. The Morgan fingerprint density at radius 3 is 2.83 bits per heavy atom. The predicted octanol–water partition coefficient (Wildman–Crippen LogP) is 4.25. The van der Waals surface area contributed by atoms with E-state index in [0.717, 1.165) is 16.5 Å². The fraction of sp³-hybridized carbons (Fsp3) is 0. The molecule has 4 N–H and O–H groups in total. The van der Waals surface area contributed by atoms with Crippen molar-refractivity contribution in [3.8, 4) is 28.8 Å². The zero-order valence-electron chi connectivity index (χ0n) is 14.9. The summed E-state index contributed by atoms with van der Waals surface area (Å²) in [6.07, 6.45) is 3.27. The average Bonchev–Trinajstić information content (AvgIpc) is 3.35. The molecule has 142 valence electrons. The van der Waals surface area contributed by atoms with Gasteiger partial charge in [0, 0.05) is 33.6 Å². The van der Waals surface area contributed by atoms with E-state index in [0.29, 0.717) is 16.4 Å². The molecule has 0 aliphatic carbocycles. The molecule has 0 radical (unpaired) electrons. The third-order valence-corrected chi connectivity index (χ3v) is 5.04. The van der Waals surface area contributed by atoms with Crippen molar-refractivity contribution in [1.82, 2.24) is 9.97 Å². The van der Waals surface area contributed by atoms with Crippen LogP contribution >= 0.6 is 11.3 Å². The van der Waals surface area contributed by atoms with Gasteiger partial charge in [-0.2, -0.15) is 5.26 Å². The molecule has 0 aliphatic heterocycles. The van der Waals surface area contributed by atoms with Crippen LogP contribution in [0.5, 0.6) is 11.5 Å². The number of benzene rings is 2. The fourth-order valence-electron chi connectivity index (χ4n) is 2.83. The summed E-state index contributed by atoms with van der Waals surface area (Å²) in [5, 5.41) is 34.0. The monoisotopic (exact) mass is 402 g/mol. The van der Waals surface area contributed by atoms with E-state index in [1.54, 1.807) is 17.6 Å². The smallest absolute Gasteiger partial charge is 0.268 e. The van der Waals surface area contributed by atoms with Crippen LogP contribution in [0, 0.1) is 11.3 Å². The van der Waals surface area contributed by atoms with Crippen LogP contribution in [0.2, 0.25) is 0 Å². The van der Waals surface area contributed by atoms with Crippen LogP contribution < -0.4 is 5.32 Å². The van der Waals surface area contributed by atoms with E-state index in [-0.39, 0.29) is 17.1 Å². The van der Waals surface area contributed by atoms with Crippen LogP contribution in [-0.2, 0) is 4.79 Å². The number of aromatic hydroxyl groups is 2. The lowest BCUT2D eigenvalue weighted by Gasteiger charge is -2.01. The number of hydrogen-bond acceptors (Lipinski definition) is 6. The normalized spacial score (nSPS) is 11.3. The molecule has 0 saturated carbocycles. The molecule has 2 heterocycles.